The lowest BCUT2D eigenvalue weighted by molar-refractivity contribution is 0.557. The van der Waals surface area contributed by atoms with Gasteiger partial charge in [-0.3, -0.25) is 0 Å². The zero-order valence-corrected chi connectivity index (χ0v) is 114. The molecule has 0 aliphatic rings. The van der Waals surface area contributed by atoms with Crippen LogP contribution in [-0.2, 0) is 0 Å². The number of hydrogen-bond donors (Lipinski definition) is 0. The van der Waals surface area contributed by atoms with Gasteiger partial charge in [-0.25, -0.2) is 0 Å². The summed E-state index contributed by atoms with van der Waals surface area (Å²) >= 11 is 0. The molecule has 2 radical (unpaired) electrons. The maximum absolute atomic E-state index is 2.47. The van der Waals surface area contributed by atoms with Crippen molar-refractivity contribution in [1.82, 2.24) is 0 Å². The quantitative estimate of drug-likeness (QED) is 0.0421. The Balaban J connectivity index is 11.9. The Morgan fingerprint density at radius 3 is 0.247 bits per heavy atom. The molecule has 0 amide bonds. The summed E-state index contributed by atoms with van der Waals surface area (Å²) < 4.78 is 0. The molecule has 6 heteroatoms. The average molecular weight is 2200 g/mol. The third-order valence-electron chi connectivity index (χ3n) is 39.1. The Bertz CT molecular complexity index is 2100. The van der Waals surface area contributed by atoms with Crippen molar-refractivity contribution >= 4 is 45.1 Å². The van der Waals surface area contributed by atoms with Crippen LogP contribution in [0.5, 0.6) is 0 Å². The first-order valence-electron chi connectivity index (χ1n) is 74.0. The van der Waals surface area contributed by atoms with Crippen molar-refractivity contribution in [3.05, 3.63) is 0 Å². The molecule has 0 fully saturated rings. The molecule has 0 aliphatic heterocycles. The molecule has 0 nitrogen and oxygen atoms in total. The van der Waals surface area contributed by atoms with Crippen LogP contribution in [0, 0.1) is 0 Å². The third-order valence-corrected chi connectivity index (χ3v) is 139. The van der Waals surface area contributed by atoms with Crippen molar-refractivity contribution in [2.75, 3.05) is 0 Å². The largest absolute Gasteiger partial charge is 0.0654 e. The summed E-state index contributed by atoms with van der Waals surface area (Å²) in [5.74, 6) is 0. The van der Waals surface area contributed by atoms with Crippen molar-refractivity contribution in [1.29, 1.82) is 0 Å². The topological polar surface area (TPSA) is 0 Å². The van der Waals surface area contributed by atoms with E-state index in [1.54, 1.807) is 334 Å². The lowest BCUT2D eigenvalue weighted by Crippen LogP contribution is -2.91. The predicted molar refractivity (Wildman–Crippen MR) is 714 cm³/mol. The van der Waals surface area contributed by atoms with Gasteiger partial charge in [-0.1, -0.05) is 926 Å². The van der Waals surface area contributed by atoms with Crippen LogP contribution in [0.4, 0.5) is 0 Å². The first kappa shape index (κ1) is 151. The molecule has 0 aliphatic carbocycles. The van der Waals surface area contributed by atoms with E-state index in [0.717, 1.165) is 0 Å². The van der Waals surface area contributed by atoms with E-state index in [1.807, 2.05) is 72.5 Å². The minimum Gasteiger partial charge on any atom is -0.0654 e. The van der Waals surface area contributed by atoms with Gasteiger partial charge in [0.2, 0.25) is 0 Å². The van der Waals surface area contributed by atoms with E-state index in [1.165, 1.54) is 437 Å². The SMILES string of the molecule is CCCCCCCCCCCC[Si](CCCCCCCCCCCC)[Si](CCCCCCCCCCCC)(CCCCCCCCCCCC)[Si](CCCCCCCCCCCC)(CCCCCCCCCCCC)[Si](CCCCCCCCCCCC)(CCCCCCCCCCCC)[Si](CCCCCCCCCCCC)(CCCCCCCCCCCC)[Si](CCCCCCCCCCCC)CCCCCCCCCCCC. The van der Waals surface area contributed by atoms with Gasteiger partial charge in [0.15, 0.2) is 0 Å². The maximum atomic E-state index is 2.47. The highest BCUT2D eigenvalue weighted by Gasteiger charge is 2.72. The molecule has 0 heterocycles. The molecule has 0 rings (SSSR count). The highest BCUT2D eigenvalue weighted by Crippen LogP contribution is 2.58. The second-order valence-electron chi connectivity index (χ2n) is 52.7. The zero-order valence-electron chi connectivity index (χ0n) is 108. The summed E-state index contributed by atoms with van der Waals surface area (Å²) in [6.45, 7) is 29.6. The van der Waals surface area contributed by atoms with Crippen LogP contribution in [0.3, 0.4) is 0 Å². The predicted octanol–water partition coefficient (Wildman–Crippen LogP) is 56.2. The molecular weight excluding hydrogens is 1900 g/mol. The van der Waals surface area contributed by atoms with Crippen LogP contribution in [0.1, 0.15) is 854 Å². The molecule has 900 valence electrons. The third kappa shape index (κ3) is 88.8. The number of unbranched alkanes of at least 4 members (excludes halogenated alkanes) is 108. The highest BCUT2D eigenvalue weighted by atomic mass is 30.0. The van der Waals surface area contributed by atoms with Gasteiger partial charge in [0.25, 0.3) is 0 Å². The lowest BCUT2D eigenvalue weighted by atomic mass is 10.1. The van der Waals surface area contributed by atoms with Gasteiger partial charge in [0.1, 0.15) is 0 Å². The fourth-order valence-electron chi connectivity index (χ4n) is 29.5. The van der Waals surface area contributed by atoms with E-state index < -0.39 is 45.1 Å². The van der Waals surface area contributed by atoms with Crippen LogP contribution < -0.4 is 0 Å². The first-order valence-corrected chi connectivity index (χ1v) is 92.5. The number of hydrogen-bond acceptors (Lipinski definition) is 0. The summed E-state index contributed by atoms with van der Waals surface area (Å²) in [6.07, 6.45) is 185. The van der Waals surface area contributed by atoms with Gasteiger partial charge in [-0.2, -0.15) is 0 Å². The van der Waals surface area contributed by atoms with Gasteiger partial charge in [0, 0.05) is 45.1 Å². The zero-order chi connectivity index (χ0) is 108. The van der Waals surface area contributed by atoms with Gasteiger partial charge < -0.3 is 0 Å². The van der Waals surface area contributed by atoms with Crippen LogP contribution in [0.25, 0.3) is 0 Å². The summed E-state index contributed by atoms with van der Waals surface area (Å²) in [7, 11) is -10.4. The standard InChI is InChI=1S/C144H300Si6/c1-13-25-37-49-61-73-85-97-109-121-133-145(134-122-110-98-86-74-62-50-38-26-14-2)147(137-125-113-101-89-77-65-53-41-29-17-5,138-126-114-102-90-78-66-54-42-30-18-6)149(141-129-117-105-93-81-69-57-45-33-21-9,142-130-118-106-94-82-70-58-46-34-22-10)150(143-131-119-107-95-83-71-59-47-35-23-11,144-132-120-108-96-84-72-60-48-36-24-12)148(139-127-115-103-91-79-67-55-43-31-19-7,140-128-116-104-92-80-68-56-44-32-20-8)146(135-123-111-99-87-75-63-51-39-27-15-3)136-124-112-100-88-76-64-52-40-28-16-4/h13-144H2,1-12H3. The molecule has 0 spiro atoms. The Morgan fingerprint density at radius 2 is 0.153 bits per heavy atom. The minimum atomic E-state index is -2.31. The van der Waals surface area contributed by atoms with E-state index in [9.17, 15) is 0 Å². The molecule has 0 saturated carbocycles. The van der Waals surface area contributed by atoms with E-state index in [0.29, 0.717) is 0 Å². The van der Waals surface area contributed by atoms with Gasteiger partial charge in [0.05, 0.1) is 0 Å². The Kier molecular flexibility index (Phi) is 127. The second kappa shape index (κ2) is 126. The lowest BCUT2D eigenvalue weighted by Gasteiger charge is -2.69. The average Bonchev–Trinajstić information content (AvgIpc) is 0.681. The smallest absolute Gasteiger partial charge is 0.0378 e. The van der Waals surface area contributed by atoms with Crippen molar-refractivity contribution in [2.45, 2.75) is 926 Å². The van der Waals surface area contributed by atoms with Crippen LogP contribution in [0.2, 0.25) is 72.5 Å². The number of rotatable bonds is 137. The molecule has 0 atom stereocenters. The maximum Gasteiger partial charge on any atom is 0.0378 e. The Morgan fingerprint density at radius 1 is 0.0800 bits per heavy atom. The minimum absolute atomic E-state index is 0.716. The van der Waals surface area contributed by atoms with Crippen LogP contribution in [0.15, 0.2) is 0 Å². The Labute approximate surface area is 963 Å². The van der Waals surface area contributed by atoms with Gasteiger partial charge >= 0.3 is 0 Å². The molecule has 0 saturated heterocycles. The van der Waals surface area contributed by atoms with E-state index in [4.69, 9.17) is 0 Å². The van der Waals surface area contributed by atoms with E-state index >= 15 is 0 Å². The molecule has 0 N–H and O–H groups in total. The molecule has 150 heavy (non-hydrogen) atoms. The van der Waals surface area contributed by atoms with E-state index in [2.05, 4.69) is 83.1 Å². The van der Waals surface area contributed by atoms with Crippen molar-refractivity contribution in [3.8, 4) is 0 Å². The van der Waals surface area contributed by atoms with Crippen molar-refractivity contribution in [3.63, 3.8) is 0 Å². The molecule has 0 aromatic rings. The van der Waals surface area contributed by atoms with Gasteiger partial charge in [-0.15, -0.1) is 0 Å². The molecule has 0 unspecified atom stereocenters. The first-order chi connectivity index (χ1) is 74.3. The summed E-state index contributed by atoms with van der Waals surface area (Å²) in [5.41, 5.74) is 0. The van der Waals surface area contributed by atoms with Crippen molar-refractivity contribution in [2.24, 2.45) is 0 Å². The van der Waals surface area contributed by atoms with Crippen molar-refractivity contribution < 1.29 is 0 Å². The molecular formula is C144H300Si6. The summed E-state index contributed by atoms with van der Waals surface area (Å²) in [4.78, 5) is 0. The fraction of sp³-hybridized carbons (Fsp3) is 1.00. The second-order valence-corrected chi connectivity index (χ2v) is 103. The summed E-state index contributed by atoms with van der Waals surface area (Å²) in [5, 5.41) is 0. The molecule has 0 aromatic heterocycles. The highest BCUT2D eigenvalue weighted by molar-refractivity contribution is 7.96. The van der Waals surface area contributed by atoms with Gasteiger partial charge in [-0.05, 0) is 0 Å². The van der Waals surface area contributed by atoms with Crippen LogP contribution in [-0.4, -0.2) is 45.1 Å². The molecule has 0 bridgehead atoms. The Hall–Kier alpha value is 1.30. The summed E-state index contributed by atoms with van der Waals surface area (Å²) in [6, 6.07) is 22.9. The van der Waals surface area contributed by atoms with Crippen LogP contribution >= 0.6 is 0 Å². The molecule has 0 aromatic carbocycles. The monoisotopic (exact) mass is 2200 g/mol. The fourth-order valence-corrected chi connectivity index (χ4v) is 189. The van der Waals surface area contributed by atoms with E-state index in [-0.39, 0.29) is 0 Å². The normalized spacial score (nSPS) is 12.4.